The highest BCUT2D eigenvalue weighted by atomic mass is 32.2. The van der Waals surface area contributed by atoms with Gasteiger partial charge in [0.2, 0.25) is 0 Å². The minimum Gasteiger partial charge on any atom is -0.224 e. The van der Waals surface area contributed by atoms with Gasteiger partial charge in [0.05, 0.1) is 4.90 Å². The Hall–Kier alpha value is -0.920. The lowest BCUT2D eigenvalue weighted by Gasteiger charge is -2.02. The van der Waals surface area contributed by atoms with Gasteiger partial charge in [0.25, 0.3) is 0 Å². The zero-order valence-corrected chi connectivity index (χ0v) is 10.8. The van der Waals surface area contributed by atoms with Gasteiger partial charge < -0.3 is 0 Å². The molecular formula is C12H14O2S2. The van der Waals surface area contributed by atoms with E-state index in [1.807, 2.05) is 12.1 Å². The first-order valence-corrected chi connectivity index (χ1v) is 7.78. The molecule has 1 aromatic carbocycles. The molecular weight excluding hydrogens is 240 g/mol. The molecule has 0 saturated heterocycles. The Morgan fingerprint density at radius 3 is 2.44 bits per heavy atom. The molecule has 1 rings (SSSR count). The normalized spacial score (nSPS) is 11.0. The Kier molecular flexibility index (Phi) is 4.91. The molecule has 0 unspecified atom stereocenters. The van der Waals surface area contributed by atoms with Gasteiger partial charge in [0.1, 0.15) is 0 Å². The molecule has 0 heterocycles. The Morgan fingerprint density at radius 1 is 1.31 bits per heavy atom. The average Bonchev–Trinajstić information content (AvgIpc) is 2.24. The number of hydrogen-bond acceptors (Lipinski definition) is 3. The largest absolute Gasteiger partial charge is 0.224 e. The summed E-state index contributed by atoms with van der Waals surface area (Å²) in [6, 6.07) is 6.94. The van der Waals surface area contributed by atoms with Crippen molar-refractivity contribution in [2.45, 2.75) is 22.6 Å². The first-order valence-electron chi connectivity index (χ1n) is 4.90. The third kappa shape index (κ3) is 4.30. The van der Waals surface area contributed by atoms with Gasteiger partial charge in [-0.1, -0.05) is 0 Å². The Bertz CT molecular complexity index is 467. The molecule has 0 aliphatic rings. The molecule has 0 spiro atoms. The molecule has 4 heteroatoms. The number of unbranched alkanes of at least 4 members (excludes halogenated alkanes) is 1. The lowest BCUT2D eigenvalue weighted by Crippen LogP contribution is -1.96. The standard InChI is InChI=1S/C12H14O2S2/c1-3-4-5-10-15-11-6-8-12(9-7-11)16(2,13)14/h1,6-9H,4-5,10H2,2H3. The van der Waals surface area contributed by atoms with Crippen molar-refractivity contribution in [3.05, 3.63) is 24.3 Å². The number of sulfone groups is 1. The quantitative estimate of drug-likeness (QED) is 0.460. The van der Waals surface area contributed by atoms with Gasteiger partial charge in [-0.05, 0) is 36.4 Å². The Balaban J connectivity index is 2.56. The summed E-state index contributed by atoms with van der Waals surface area (Å²) in [7, 11) is -3.08. The summed E-state index contributed by atoms with van der Waals surface area (Å²) in [5, 5.41) is 0. The van der Waals surface area contributed by atoms with Gasteiger partial charge in [-0.15, -0.1) is 24.1 Å². The predicted molar refractivity (Wildman–Crippen MR) is 68.3 cm³/mol. The molecule has 86 valence electrons. The summed E-state index contributed by atoms with van der Waals surface area (Å²) in [5.41, 5.74) is 0. The van der Waals surface area contributed by atoms with Crippen LogP contribution in [-0.4, -0.2) is 20.4 Å². The zero-order chi connectivity index (χ0) is 12.0. The van der Waals surface area contributed by atoms with Crippen LogP contribution in [0.2, 0.25) is 0 Å². The lowest BCUT2D eigenvalue weighted by molar-refractivity contribution is 0.602. The lowest BCUT2D eigenvalue weighted by atomic mass is 10.4. The van der Waals surface area contributed by atoms with E-state index in [2.05, 4.69) is 5.92 Å². The summed E-state index contributed by atoms with van der Waals surface area (Å²) in [6.45, 7) is 0. The fourth-order valence-corrected chi connectivity index (χ4v) is 2.63. The fourth-order valence-electron chi connectivity index (χ4n) is 1.15. The maximum atomic E-state index is 11.2. The molecule has 0 aliphatic carbocycles. The van der Waals surface area contributed by atoms with Crippen molar-refractivity contribution in [3.8, 4) is 12.3 Å². The van der Waals surface area contributed by atoms with Gasteiger partial charge in [0.15, 0.2) is 9.84 Å². The minimum atomic E-state index is -3.08. The first kappa shape index (κ1) is 13.1. The smallest absolute Gasteiger partial charge is 0.175 e. The molecule has 0 bridgehead atoms. The van der Waals surface area contributed by atoms with Crippen LogP contribution in [0.4, 0.5) is 0 Å². The third-order valence-corrected chi connectivity index (χ3v) is 4.21. The molecule has 0 radical (unpaired) electrons. The van der Waals surface area contributed by atoms with Crippen molar-refractivity contribution in [2.75, 3.05) is 12.0 Å². The second kappa shape index (κ2) is 5.97. The van der Waals surface area contributed by atoms with Crippen LogP contribution < -0.4 is 0 Å². The van der Waals surface area contributed by atoms with Crippen LogP contribution in [0.25, 0.3) is 0 Å². The van der Waals surface area contributed by atoms with Crippen molar-refractivity contribution in [1.29, 1.82) is 0 Å². The highest BCUT2D eigenvalue weighted by Gasteiger charge is 2.05. The van der Waals surface area contributed by atoms with E-state index in [4.69, 9.17) is 6.42 Å². The second-order valence-corrected chi connectivity index (χ2v) is 6.58. The van der Waals surface area contributed by atoms with E-state index >= 15 is 0 Å². The number of thioether (sulfide) groups is 1. The molecule has 1 aromatic rings. The van der Waals surface area contributed by atoms with Crippen molar-refractivity contribution in [1.82, 2.24) is 0 Å². The first-order chi connectivity index (χ1) is 7.54. The molecule has 0 saturated carbocycles. The molecule has 16 heavy (non-hydrogen) atoms. The van der Waals surface area contributed by atoms with Crippen LogP contribution in [0.15, 0.2) is 34.1 Å². The van der Waals surface area contributed by atoms with Crippen LogP contribution >= 0.6 is 11.8 Å². The van der Waals surface area contributed by atoms with Crippen molar-refractivity contribution >= 4 is 21.6 Å². The third-order valence-electron chi connectivity index (χ3n) is 1.99. The van der Waals surface area contributed by atoms with E-state index in [0.717, 1.165) is 23.5 Å². The Labute approximate surface area is 101 Å². The molecule has 0 aliphatic heterocycles. The fraction of sp³-hybridized carbons (Fsp3) is 0.333. The molecule has 0 fully saturated rings. The minimum absolute atomic E-state index is 0.362. The van der Waals surface area contributed by atoms with E-state index in [1.54, 1.807) is 23.9 Å². The average molecular weight is 254 g/mol. The summed E-state index contributed by atoms with van der Waals surface area (Å²) in [6.07, 6.45) is 8.13. The highest BCUT2D eigenvalue weighted by molar-refractivity contribution is 7.99. The predicted octanol–water partition coefficient (Wildman–Crippen LogP) is 2.60. The van der Waals surface area contributed by atoms with Gasteiger partial charge in [0, 0.05) is 17.6 Å². The van der Waals surface area contributed by atoms with Gasteiger partial charge in [-0.2, -0.15) is 0 Å². The number of terminal acetylenes is 1. The molecule has 0 amide bonds. The maximum absolute atomic E-state index is 11.2. The number of rotatable bonds is 5. The summed E-state index contributed by atoms with van der Waals surface area (Å²) < 4.78 is 22.4. The van der Waals surface area contributed by atoms with E-state index in [-0.39, 0.29) is 0 Å². The number of benzene rings is 1. The summed E-state index contributed by atoms with van der Waals surface area (Å²) in [5.74, 6) is 3.55. The number of hydrogen-bond donors (Lipinski definition) is 0. The second-order valence-electron chi connectivity index (χ2n) is 3.40. The van der Waals surface area contributed by atoms with E-state index < -0.39 is 9.84 Å². The SMILES string of the molecule is C#CCCCSc1ccc(S(C)(=O)=O)cc1. The van der Waals surface area contributed by atoms with Crippen molar-refractivity contribution in [2.24, 2.45) is 0 Å². The van der Waals surface area contributed by atoms with Crippen molar-refractivity contribution < 1.29 is 8.42 Å². The maximum Gasteiger partial charge on any atom is 0.175 e. The zero-order valence-electron chi connectivity index (χ0n) is 9.14. The summed E-state index contributed by atoms with van der Waals surface area (Å²) in [4.78, 5) is 1.44. The van der Waals surface area contributed by atoms with Crippen molar-refractivity contribution in [3.63, 3.8) is 0 Å². The summed E-state index contributed by atoms with van der Waals surface area (Å²) >= 11 is 1.69. The monoisotopic (exact) mass is 254 g/mol. The van der Waals surface area contributed by atoms with Crippen LogP contribution in [-0.2, 0) is 9.84 Å². The van der Waals surface area contributed by atoms with Gasteiger partial charge in [-0.3, -0.25) is 0 Å². The molecule has 2 nitrogen and oxygen atoms in total. The van der Waals surface area contributed by atoms with E-state index in [9.17, 15) is 8.42 Å². The van der Waals surface area contributed by atoms with Gasteiger partial charge >= 0.3 is 0 Å². The molecule has 0 atom stereocenters. The van der Waals surface area contributed by atoms with Crippen LogP contribution in [0.3, 0.4) is 0 Å². The van der Waals surface area contributed by atoms with E-state index in [1.165, 1.54) is 6.26 Å². The van der Waals surface area contributed by atoms with E-state index in [0.29, 0.717) is 4.90 Å². The molecule has 0 N–H and O–H groups in total. The topological polar surface area (TPSA) is 34.1 Å². The van der Waals surface area contributed by atoms with Crippen LogP contribution in [0.5, 0.6) is 0 Å². The van der Waals surface area contributed by atoms with Crippen LogP contribution in [0, 0.1) is 12.3 Å². The van der Waals surface area contributed by atoms with Crippen LogP contribution in [0.1, 0.15) is 12.8 Å². The highest BCUT2D eigenvalue weighted by Crippen LogP contribution is 2.21. The molecule has 0 aromatic heterocycles. The Morgan fingerprint density at radius 2 is 1.94 bits per heavy atom. The van der Waals surface area contributed by atoms with Gasteiger partial charge in [-0.25, -0.2) is 8.42 Å².